The topological polar surface area (TPSA) is 98.3 Å². The van der Waals surface area contributed by atoms with Gasteiger partial charge in [-0.25, -0.2) is 9.00 Å². The Hall–Kier alpha value is -2.38. The van der Waals surface area contributed by atoms with Crippen molar-refractivity contribution < 1.29 is 24.3 Å². The molecule has 0 aromatic heterocycles. The van der Waals surface area contributed by atoms with E-state index in [0.717, 1.165) is 0 Å². The number of anilines is 1. The number of hydrogen-bond acceptors (Lipinski definition) is 3. The molecule has 2 aromatic rings. The van der Waals surface area contributed by atoms with Crippen LogP contribution in [0.15, 0.2) is 53.4 Å². The minimum absolute atomic E-state index is 0. The summed E-state index contributed by atoms with van der Waals surface area (Å²) in [5.41, 5.74) is 0.858. The first-order chi connectivity index (χ1) is 10.0. The molecule has 0 saturated carbocycles. The minimum Gasteiger partial charge on any atom is -0.495 e. The van der Waals surface area contributed by atoms with E-state index in [1.165, 1.54) is 12.1 Å². The van der Waals surface area contributed by atoms with Crippen LogP contribution in [0.4, 0.5) is 5.69 Å². The van der Waals surface area contributed by atoms with Crippen LogP contribution in [0.1, 0.15) is 10.4 Å². The van der Waals surface area contributed by atoms with Crippen molar-refractivity contribution in [2.24, 2.45) is 0 Å². The minimum atomic E-state index is -1.45. The van der Waals surface area contributed by atoms with Crippen LogP contribution < -0.4 is 9.04 Å². The molecule has 2 rings (SSSR count). The standard InChI is InChI=1S/C15H15NO4S.H2O/c1-16(13-5-3-4-6-14(13)20-2)21(19)12-9-7-11(8-10-12)15(17)18;/h3-10H,1-2H3,(H,17,18);1H2. The van der Waals surface area contributed by atoms with Crippen molar-refractivity contribution >= 4 is 22.6 Å². The largest absolute Gasteiger partial charge is 0.495 e. The first-order valence-corrected chi connectivity index (χ1v) is 7.27. The molecule has 0 fully saturated rings. The lowest BCUT2D eigenvalue weighted by molar-refractivity contribution is 0.0697. The molecular weight excluding hydrogens is 306 g/mol. The molecule has 0 amide bonds. The highest BCUT2D eigenvalue weighted by atomic mass is 32.2. The zero-order valence-electron chi connectivity index (χ0n) is 12.1. The lowest BCUT2D eigenvalue weighted by Gasteiger charge is -2.20. The van der Waals surface area contributed by atoms with E-state index >= 15 is 0 Å². The predicted molar refractivity (Wildman–Crippen MR) is 84.8 cm³/mol. The normalized spacial score (nSPS) is 11.2. The monoisotopic (exact) mass is 323 g/mol. The maximum Gasteiger partial charge on any atom is 0.335 e. The Bertz CT molecular complexity index is 672. The van der Waals surface area contributed by atoms with Crippen molar-refractivity contribution in [1.82, 2.24) is 0 Å². The first-order valence-electron chi connectivity index (χ1n) is 6.16. The van der Waals surface area contributed by atoms with Gasteiger partial charge in [-0.2, -0.15) is 0 Å². The van der Waals surface area contributed by atoms with Gasteiger partial charge >= 0.3 is 5.97 Å². The Kier molecular flexibility index (Phi) is 6.09. The van der Waals surface area contributed by atoms with E-state index in [0.29, 0.717) is 16.3 Å². The van der Waals surface area contributed by atoms with Crippen LogP contribution in [0.3, 0.4) is 0 Å². The molecule has 0 saturated heterocycles. The number of rotatable bonds is 5. The van der Waals surface area contributed by atoms with Crippen molar-refractivity contribution in [2.75, 3.05) is 18.5 Å². The maximum atomic E-state index is 12.5. The fraction of sp³-hybridized carbons (Fsp3) is 0.133. The van der Waals surface area contributed by atoms with Crippen molar-refractivity contribution in [1.29, 1.82) is 0 Å². The third-order valence-corrected chi connectivity index (χ3v) is 4.35. The molecule has 0 bridgehead atoms. The SMILES string of the molecule is COc1ccccc1N(C)S(=O)c1ccc(C(=O)O)cc1.O. The number of hydrogen-bond donors (Lipinski definition) is 1. The lowest BCUT2D eigenvalue weighted by atomic mass is 10.2. The summed E-state index contributed by atoms with van der Waals surface area (Å²) in [4.78, 5) is 11.3. The van der Waals surface area contributed by atoms with Crippen LogP contribution in [0, 0.1) is 0 Å². The Morgan fingerprint density at radius 1 is 1.14 bits per heavy atom. The molecule has 0 spiro atoms. The number of aromatic carboxylic acids is 1. The van der Waals surface area contributed by atoms with Gasteiger partial charge in [0.1, 0.15) is 5.75 Å². The highest BCUT2D eigenvalue weighted by molar-refractivity contribution is 7.86. The molecule has 1 atom stereocenters. The van der Waals surface area contributed by atoms with Crippen molar-refractivity contribution in [2.45, 2.75) is 4.90 Å². The quantitative estimate of drug-likeness (QED) is 0.906. The molecule has 0 heterocycles. The van der Waals surface area contributed by atoms with Gasteiger partial charge in [-0.05, 0) is 36.4 Å². The van der Waals surface area contributed by atoms with E-state index in [9.17, 15) is 9.00 Å². The summed E-state index contributed by atoms with van der Waals surface area (Å²) in [7, 11) is 1.79. The average molecular weight is 323 g/mol. The molecule has 22 heavy (non-hydrogen) atoms. The highest BCUT2D eigenvalue weighted by Crippen LogP contribution is 2.29. The summed E-state index contributed by atoms with van der Waals surface area (Å²) in [6.45, 7) is 0. The first kappa shape index (κ1) is 17.7. The van der Waals surface area contributed by atoms with E-state index in [4.69, 9.17) is 9.84 Å². The maximum absolute atomic E-state index is 12.5. The molecule has 118 valence electrons. The summed E-state index contributed by atoms with van der Waals surface area (Å²) in [6.07, 6.45) is 0. The lowest BCUT2D eigenvalue weighted by Crippen LogP contribution is -2.21. The van der Waals surface area contributed by atoms with Crippen LogP contribution in [0.2, 0.25) is 0 Å². The van der Waals surface area contributed by atoms with Crippen LogP contribution in [0.5, 0.6) is 5.75 Å². The molecule has 3 N–H and O–H groups in total. The van der Waals surface area contributed by atoms with Gasteiger partial charge in [-0.1, -0.05) is 12.1 Å². The van der Waals surface area contributed by atoms with Gasteiger partial charge < -0.3 is 15.3 Å². The van der Waals surface area contributed by atoms with Crippen molar-refractivity contribution in [3.8, 4) is 5.75 Å². The van der Waals surface area contributed by atoms with E-state index in [2.05, 4.69) is 0 Å². The number of methoxy groups -OCH3 is 1. The van der Waals surface area contributed by atoms with E-state index in [1.807, 2.05) is 18.2 Å². The van der Waals surface area contributed by atoms with E-state index < -0.39 is 17.0 Å². The molecule has 6 nitrogen and oxygen atoms in total. The number of carboxylic acid groups (broad SMARTS) is 1. The fourth-order valence-electron chi connectivity index (χ4n) is 1.85. The molecule has 0 aliphatic rings. The van der Waals surface area contributed by atoms with Gasteiger partial charge in [0.25, 0.3) is 0 Å². The van der Waals surface area contributed by atoms with Gasteiger partial charge in [0.05, 0.1) is 23.3 Å². The summed E-state index contributed by atoms with van der Waals surface area (Å²) in [6, 6.07) is 13.2. The van der Waals surface area contributed by atoms with Crippen LogP contribution in [0.25, 0.3) is 0 Å². The third-order valence-electron chi connectivity index (χ3n) is 2.98. The second-order valence-corrected chi connectivity index (χ2v) is 5.77. The second kappa shape index (κ2) is 7.58. The van der Waals surface area contributed by atoms with Crippen LogP contribution in [-0.2, 0) is 11.0 Å². The summed E-state index contributed by atoms with van der Waals surface area (Å²) in [5.74, 6) is -0.388. The molecule has 1 unspecified atom stereocenters. The Labute approximate surface area is 130 Å². The molecular formula is C15H17NO5S. The molecule has 2 aromatic carbocycles. The number of para-hydroxylation sites is 2. The van der Waals surface area contributed by atoms with Crippen molar-refractivity contribution in [3.63, 3.8) is 0 Å². The predicted octanol–water partition coefficient (Wildman–Crippen LogP) is 1.73. The van der Waals surface area contributed by atoms with Crippen LogP contribution >= 0.6 is 0 Å². The second-order valence-electron chi connectivity index (χ2n) is 4.25. The van der Waals surface area contributed by atoms with Gasteiger partial charge in [0.15, 0.2) is 11.0 Å². The Morgan fingerprint density at radius 3 is 2.27 bits per heavy atom. The number of carboxylic acids is 1. The van der Waals surface area contributed by atoms with Crippen LogP contribution in [-0.4, -0.2) is 34.9 Å². The number of ether oxygens (including phenoxy) is 1. The molecule has 7 heteroatoms. The zero-order valence-corrected chi connectivity index (χ0v) is 13.0. The van der Waals surface area contributed by atoms with Gasteiger partial charge in [0, 0.05) is 7.05 Å². The smallest absolute Gasteiger partial charge is 0.335 e. The summed E-state index contributed by atoms with van der Waals surface area (Å²) < 4.78 is 19.4. The Balaban J connectivity index is 0.00000242. The molecule has 0 aliphatic carbocycles. The Morgan fingerprint density at radius 2 is 1.73 bits per heavy atom. The number of carbonyl (C=O) groups is 1. The summed E-state index contributed by atoms with van der Waals surface area (Å²) >= 11 is 0. The summed E-state index contributed by atoms with van der Waals surface area (Å²) in [5, 5.41) is 8.87. The zero-order chi connectivity index (χ0) is 15.4. The highest BCUT2D eigenvalue weighted by Gasteiger charge is 2.15. The number of benzene rings is 2. The third kappa shape index (κ3) is 3.63. The fourth-order valence-corrected chi connectivity index (χ4v) is 2.87. The van der Waals surface area contributed by atoms with Gasteiger partial charge in [0.2, 0.25) is 0 Å². The molecule has 0 radical (unpaired) electrons. The van der Waals surface area contributed by atoms with E-state index in [-0.39, 0.29) is 11.0 Å². The molecule has 0 aliphatic heterocycles. The van der Waals surface area contributed by atoms with Gasteiger partial charge in [-0.15, -0.1) is 0 Å². The average Bonchev–Trinajstić information content (AvgIpc) is 2.53. The van der Waals surface area contributed by atoms with Gasteiger partial charge in [-0.3, -0.25) is 4.31 Å². The van der Waals surface area contributed by atoms with E-state index in [1.54, 1.807) is 36.7 Å². The van der Waals surface area contributed by atoms with Crippen molar-refractivity contribution in [3.05, 3.63) is 54.1 Å². The number of nitrogens with zero attached hydrogens (tertiary/aromatic N) is 1.